The molecule has 0 saturated carbocycles. The molecule has 60 valence electrons. The fourth-order valence-corrected chi connectivity index (χ4v) is 0.483. The summed E-state index contributed by atoms with van der Waals surface area (Å²) in [6, 6.07) is 10.9. The molecule has 0 heterocycles. The van der Waals surface area contributed by atoms with Gasteiger partial charge in [0.05, 0.1) is 0 Å². The summed E-state index contributed by atoms with van der Waals surface area (Å²) < 4.78 is 0. The third-order valence-electron chi connectivity index (χ3n) is 0.865. The molecule has 0 bridgehead atoms. The van der Waals surface area contributed by atoms with Crippen molar-refractivity contribution in [3.05, 3.63) is 35.9 Å². The Kier molecular flexibility index (Phi) is 8.99. The van der Waals surface area contributed by atoms with E-state index in [0.29, 0.717) is 0 Å². The van der Waals surface area contributed by atoms with Crippen LogP contribution in [0.2, 0.25) is 0 Å². The van der Waals surface area contributed by atoms with Crippen molar-refractivity contribution in [3.8, 4) is 0 Å². The molecule has 0 N–H and O–H groups in total. The molecule has 1 aromatic rings. The average molecular weight is 379 g/mol. The first-order valence-electron chi connectivity index (χ1n) is 2.89. The van der Waals surface area contributed by atoms with Crippen LogP contribution < -0.4 is 0 Å². The minimum atomic E-state index is -0.896. The van der Waals surface area contributed by atoms with Crippen LogP contribution >= 0.6 is 39.5 Å². The fourth-order valence-electron chi connectivity index (χ4n) is 0.483. The molecule has 0 amide bonds. The van der Waals surface area contributed by atoms with Crippen LogP contribution in [0.3, 0.4) is 0 Å². The van der Waals surface area contributed by atoms with Crippen LogP contribution in [0.25, 0.3) is 0 Å². The molecule has 1 aromatic carbocycles. The van der Waals surface area contributed by atoms with Crippen LogP contribution in [0, 0.1) is 13.0 Å². The number of aryl methyl sites for hydroxylation is 1. The Balaban J connectivity index is 0.000000218. The van der Waals surface area contributed by atoms with E-state index >= 15 is 0 Å². The third-order valence-corrected chi connectivity index (χ3v) is 0.865. The number of benzene rings is 1. The summed E-state index contributed by atoms with van der Waals surface area (Å²) in [6.45, 7) is 2.03. The van der Waals surface area contributed by atoms with Gasteiger partial charge in [0, 0.05) is 0 Å². The van der Waals surface area contributed by atoms with Gasteiger partial charge in [0.2, 0.25) is 0 Å². The predicted octanol–water partition coefficient (Wildman–Crippen LogP) is 4.33. The first-order chi connectivity index (χ1) is 5.13. The van der Waals surface area contributed by atoms with Crippen molar-refractivity contribution in [2.45, 2.75) is 6.92 Å². The van der Waals surface area contributed by atoms with Gasteiger partial charge in [-0.1, -0.05) is 6.92 Å². The van der Waals surface area contributed by atoms with Crippen LogP contribution in [0.15, 0.2) is 24.3 Å². The van der Waals surface area contributed by atoms with E-state index < -0.39 is 11.6 Å². The molecule has 0 aromatic heterocycles. The molecule has 0 aliphatic rings. The molecule has 1 rings (SSSR count). The first-order valence-corrected chi connectivity index (χ1v) is 14.5. The zero-order chi connectivity index (χ0) is 8.69. The summed E-state index contributed by atoms with van der Waals surface area (Å²) in [5.74, 6) is 0. The van der Waals surface area contributed by atoms with Gasteiger partial charge in [0.25, 0.3) is 0 Å². The second-order valence-electron chi connectivity index (χ2n) is 1.76. The standard InChI is InChI=1S/C7H7.3BrH.Ti/c1-7-5-3-2-4-6-7;;;;/h2-5H,1H3;3*1H;/q-1;;;;+4/p-3. The van der Waals surface area contributed by atoms with Crippen LogP contribution in [-0.2, 0) is 11.6 Å². The van der Waals surface area contributed by atoms with Gasteiger partial charge < -0.3 is 0 Å². The van der Waals surface area contributed by atoms with E-state index in [4.69, 9.17) is 0 Å². The van der Waals surface area contributed by atoms with Crippen LogP contribution in [-0.4, -0.2) is 0 Å². The Morgan fingerprint density at radius 2 is 1.82 bits per heavy atom. The summed E-state index contributed by atoms with van der Waals surface area (Å²) in [5.41, 5.74) is 1.20. The van der Waals surface area contributed by atoms with E-state index in [-0.39, 0.29) is 0 Å². The number of hydrogen-bond donors (Lipinski definition) is 0. The molecule has 0 saturated heterocycles. The van der Waals surface area contributed by atoms with Crippen LogP contribution in [0.5, 0.6) is 0 Å². The van der Waals surface area contributed by atoms with Gasteiger partial charge in [0.1, 0.15) is 0 Å². The monoisotopic (exact) mass is 376 g/mol. The molecule has 0 unspecified atom stereocenters. The molecular formula is C7H7Br3Ti. The molecule has 0 spiro atoms. The summed E-state index contributed by atoms with van der Waals surface area (Å²) >= 11 is 8.92. The van der Waals surface area contributed by atoms with E-state index in [1.165, 1.54) is 5.56 Å². The van der Waals surface area contributed by atoms with Gasteiger partial charge >= 0.3 is 51.1 Å². The topological polar surface area (TPSA) is 0 Å². The quantitative estimate of drug-likeness (QED) is 0.466. The third kappa shape index (κ3) is 11.4. The molecule has 0 aliphatic heterocycles. The van der Waals surface area contributed by atoms with Crippen molar-refractivity contribution in [3.63, 3.8) is 0 Å². The number of hydrogen-bond acceptors (Lipinski definition) is 0. The van der Waals surface area contributed by atoms with E-state index in [0.717, 1.165) is 0 Å². The van der Waals surface area contributed by atoms with Gasteiger partial charge in [0.15, 0.2) is 0 Å². The molecule has 0 nitrogen and oxygen atoms in total. The second-order valence-corrected chi connectivity index (χ2v) is 25.4. The van der Waals surface area contributed by atoms with E-state index in [2.05, 4.69) is 45.6 Å². The zero-order valence-electron chi connectivity index (χ0n) is 5.94. The normalized spacial score (nSPS) is 8.00. The van der Waals surface area contributed by atoms with E-state index in [9.17, 15) is 0 Å². The Morgan fingerprint density at radius 3 is 2.00 bits per heavy atom. The van der Waals surface area contributed by atoms with Gasteiger partial charge in [-0.2, -0.15) is 35.9 Å². The predicted molar refractivity (Wildman–Crippen MR) is 56.8 cm³/mol. The zero-order valence-corrected chi connectivity index (χ0v) is 12.3. The van der Waals surface area contributed by atoms with Crippen molar-refractivity contribution in [1.82, 2.24) is 0 Å². The van der Waals surface area contributed by atoms with Gasteiger partial charge in [-0.25, -0.2) is 0 Å². The molecule has 11 heavy (non-hydrogen) atoms. The maximum absolute atomic E-state index is 3.27. The Bertz CT molecular complexity index is 174. The molecule has 0 aliphatic carbocycles. The molecule has 4 heteroatoms. The summed E-state index contributed by atoms with van der Waals surface area (Å²) in [6.07, 6.45) is 0. The Labute approximate surface area is 92.8 Å². The number of rotatable bonds is 0. The molecule has 0 fully saturated rings. The fraction of sp³-hybridized carbons (Fsp3) is 0.143. The average Bonchev–Trinajstić information content (AvgIpc) is 1.87. The van der Waals surface area contributed by atoms with E-state index in [1.54, 1.807) is 0 Å². The summed E-state index contributed by atoms with van der Waals surface area (Å²) in [4.78, 5) is 0. The Hall–Kier alpha value is 1.37. The minimum absolute atomic E-state index is 0.896. The maximum atomic E-state index is 3.27. The van der Waals surface area contributed by atoms with E-state index in [1.807, 2.05) is 31.2 Å². The molecule has 0 atom stereocenters. The van der Waals surface area contributed by atoms with Crippen LogP contribution in [0.1, 0.15) is 5.56 Å². The van der Waals surface area contributed by atoms with Crippen molar-refractivity contribution in [1.29, 1.82) is 0 Å². The summed E-state index contributed by atoms with van der Waals surface area (Å²) in [5, 5.41) is 0. The Morgan fingerprint density at radius 1 is 1.27 bits per heavy atom. The SMILES string of the molecule is Cc1[c-]cccc1.[Br][Ti+]([Br])[Br]. The van der Waals surface area contributed by atoms with Gasteiger partial charge in [-0.3, -0.25) is 0 Å². The number of halogens is 3. The van der Waals surface area contributed by atoms with Crippen molar-refractivity contribution in [2.75, 3.05) is 0 Å². The molecular weight excluding hydrogens is 372 g/mol. The van der Waals surface area contributed by atoms with Crippen LogP contribution in [0.4, 0.5) is 0 Å². The van der Waals surface area contributed by atoms with Crippen molar-refractivity contribution >= 4 is 39.5 Å². The second kappa shape index (κ2) is 7.99. The van der Waals surface area contributed by atoms with Gasteiger partial charge in [-0.05, 0) is 0 Å². The van der Waals surface area contributed by atoms with Crippen molar-refractivity contribution < 1.29 is 11.6 Å². The van der Waals surface area contributed by atoms with Gasteiger partial charge in [-0.15, -0.1) is 0 Å². The summed E-state index contributed by atoms with van der Waals surface area (Å²) in [7, 11) is 0. The first kappa shape index (κ1) is 12.4. The van der Waals surface area contributed by atoms with Crippen molar-refractivity contribution in [2.24, 2.45) is 0 Å². The molecule has 0 radical (unpaired) electrons.